The van der Waals surface area contributed by atoms with E-state index in [4.69, 9.17) is 19.2 Å². The summed E-state index contributed by atoms with van der Waals surface area (Å²) in [6.45, 7) is 6.22. The lowest BCUT2D eigenvalue weighted by Gasteiger charge is -2.29. The normalized spacial score (nSPS) is 15.0. The number of nitrogens with zero attached hydrogens (tertiary/aromatic N) is 3. The van der Waals surface area contributed by atoms with Gasteiger partial charge in [-0.1, -0.05) is 55.5 Å². The van der Waals surface area contributed by atoms with E-state index < -0.39 is 17.9 Å². The van der Waals surface area contributed by atoms with Crippen molar-refractivity contribution < 1.29 is 38.5 Å². The molecular weight excluding hydrogens is 867 g/mol. The van der Waals surface area contributed by atoms with Crippen LogP contribution in [-0.2, 0) is 36.0 Å². The third kappa shape index (κ3) is 13.5. The monoisotopic (exact) mass is 927 g/mol. The number of carboxylic acid groups (broad SMARTS) is 1. The van der Waals surface area contributed by atoms with Crippen molar-refractivity contribution in [2.45, 2.75) is 74.6 Å². The quantitative estimate of drug-likeness (QED) is 0.0366. The number of amides is 3. The molecule has 352 valence electrons. The summed E-state index contributed by atoms with van der Waals surface area (Å²) in [6, 6.07) is 32.2. The average Bonchev–Trinajstić information content (AvgIpc) is 3.36. The number of likely N-dealkylation sites (N-methyl/N-ethyl adjacent to an activating group) is 1. The van der Waals surface area contributed by atoms with Gasteiger partial charge in [-0.2, -0.15) is 0 Å². The molecule has 0 spiro atoms. The molecule has 1 unspecified atom stereocenters. The maximum atomic E-state index is 14.1. The molecule has 5 aromatic rings. The zero-order chi connectivity index (χ0) is 47.0. The highest BCUT2D eigenvalue weighted by atomic mass is 32.2. The van der Waals surface area contributed by atoms with Crippen molar-refractivity contribution in [2.24, 2.45) is 0 Å². The van der Waals surface area contributed by atoms with Crippen molar-refractivity contribution in [1.82, 2.24) is 15.2 Å². The Balaban J connectivity index is 1.03. The molecule has 0 bridgehead atoms. The smallest absolute Gasteiger partial charge is 0.394 e. The lowest BCUT2D eigenvalue weighted by molar-refractivity contribution is -0.157. The van der Waals surface area contributed by atoms with Gasteiger partial charge in [0, 0.05) is 66.0 Å². The lowest BCUT2D eigenvalue weighted by atomic mass is 9.87. The van der Waals surface area contributed by atoms with Crippen LogP contribution in [0.5, 0.6) is 0 Å². The fourth-order valence-electron chi connectivity index (χ4n) is 8.54. The molecule has 3 amide bonds. The Bertz CT molecular complexity index is 2480. The summed E-state index contributed by atoms with van der Waals surface area (Å²) < 4.78 is 16.9. The number of aliphatic carboxylic acids is 1. The number of ether oxygens (including phenoxy) is 3. The topological polar surface area (TPSA) is 160 Å². The van der Waals surface area contributed by atoms with E-state index in [1.807, 2.05) is 79.7 Å². The van der Waals surface area contributed by atoms with Gasteiger partial charge in [0.2, 0.25) is 0 Å². The molecule has 0 saturated carbocycles. The number of piperidine rings is 1. The number of aryl methyl sites for hydroxylation is 1. The maximum Gasteiger partial charge on any atom is 0.394 e. The van der Waals surface area contributed by atoms with Crippen LogP contribution in [0.3, 0.4) is 0 Å². The zero-order valence-electron chi connectivity index (χ0n) is 38.4. The van der Waals surface area contributed by atoms with E-state index in [0.717, 1.165) is 78.9 Å². The predicted octanol–water partition coefficient (Wildman–Crippen LogP) is 9.13. The van der Waals surface area contributed by atoms with Crippen LogP contribution in [0.2, 0.25) is 0 Å². The van der Waals surface area contributed by atoms with Crippen molar-refractivity contribution in [3.63, 3.8) is 0 Å². The Morgan fingerprint density at radius 2 is 1.57 bits per heavy atom. The van der Waals surface area contributed by atoms with Crippen LogP contribution in [0.25, 0.3) is 11.3 Å². The van der Waals surface area contributed by atoms with Gasteiger partial charge in [0.25, 0.3) is 11.8 Å². The van der Waals surface area contributed by atoms with Crippen molar-refractivity contribution in [1.29, 1.82) is 0 Å². The predicted molar refractivity (Wildman–Crippen MR) is 262 cm³/mol. The Hall–Kier alpha value is -6.06. The number of carboxylic acids is 1. The fraction of sp³-hybridized carbons (Fsp3) is 0.377. The number of aromatic nitrogens is 1. The first kappa shape index (κ1) is 48.9. The minimum absolute atomic E-state index is 0.0648. The lowest BCUT2D eigenvalue weighted by Crippen LogP contribution is -2.38. The molecule has 2 heterocycles. The number of rotatable bonds is 21. The molecule has 1 aromatic heterocycles. The van der Waals surface area contributed by atoms with Gasteiger partial charge in [-0.05, 0) is 122 Å². The number of nitrogens with one attached hydrogen (secondary N) is 2. The van der Waals surface area contributed by atoms with Crippen molar-refractivity contribution in [3.05, 3.63) is 143 Å². The van der Waals surface area contributed by atoms with Gasteiger partial charge in [0.1, 0.15) is 0 Å². The molecule has 3 N–H and O–H groups in total. The van der Waals surface area contributed by atoms with Crippen molar-refractivity contribution in [3.8, 4) is 11.3 Å². The van der Waals surface area contributed by atoms with Gasteiger partial charge in [-0.15, -0.1) is 11.8 Å². The second-order valence-electron chi connectivity index (χ2n) is 16.9. The van der Waals surface area contributed by atoms with E-state index in [1.165, 1.54) is 29.5 Å². The van der Waals surface area contributed by atoms with Gasteiger partial charge in [0.05, 0.1) is 56.5 Å². The average molecular weight is 928 g/mol. The van der Waals surface area contributed by atoms with Gasteiger partial charge in [0.15, 0.2) is 0 Å². The number of anilines is 2. The van der Waals surface area contributed by atoms with Crippen LogP contribution in [0.1, 0.15) is 101 Å². The summed E-state index contributed by atoms with van der Waals surface area (Å²) in [5.74, 6) is -2.49. The van der Waals surface area contributed by atoms with E-state index in [9.17, 15) is 24.3 Å². The summed E-state index contributed by atoms with van der Waals surface area (Å²) in [5, 5.41) is 15.9. The minimum Gasteiger partial charge on any atom is -0.474 e. The first-order valence-corrected chi connectivity index (χ1v) is 24.3. The highest BCUT2D eigenvalue weighted by Gasteiger charge is 2.27. The van der Waals surface area contributed by atoms with Crippen LogP contribution < -0.4 is 15.5 Å². The molecule has 1 fully saturated rings. The number of hydrogen-bond donors (Lipinski definition) is 3. The van der Waals surface area contributed by atoms with Crippen LogP contribution in [-0.4, -0.2) is 98.5 Å². The van der Waals surface area contributed by atoms with Gasteiger partial charge >= 0.3 is 11.9 Å². The summed E-state index contributed by atoms with van der Waals surface area (Å²) in [5.41, 5.74) is 8.00. The molecule has 4 aromatic carbocycles. The number of thioether (sulfide) groups is 1. The highest BCUT2D eigenvalue weighted by molar-refractivity contribution is 7.98. The Morgan fingerprint density at radius 3 is 2.37 bits per heavy atom. The Kier molecular flexibility index (Phi) is 18.0. The van der Waals surface area contributed by atoms with Crippen LogP contribution in [0.15, 0.2) is 114 Å². The van der Waals surface area contributed by atoms with Gasteiger partial charge in [-0.3, -0.25) is 19.4 Å². The van der Waals surface area contributed by atoms with Crippen LogP contribution >= 0.6 is 11.8 Å². The maximum absolute atomic E-state index is 14.1. The number of hydrogen-bond acceptors (Lipinski definition) is 10. The first-order chi connectivity index (χ1) is 32.7. The first-order valence-electron chi connectivity index (χ1n) is 23.3. The number of benzene rings is 4. The fourth-order valence-corrected chi connectivity index (χ4v) is 9.45. The Morgan fingerprint density at radius 1 is 0.806 bits per heavy atom. The molecule has 0 radical (unpaired) electrons. The molecule has 1 aliphatic heterocycles. The third-order valence-electron chi connectivity index (χ3n) is 12.1. The van der Waals surface area contributed by atoms with Crippen LogP contribution in [0.4, 0.5) is 11.4 Å². The number of fused-ring (bicyclic) bond motifs is 1. The Labute approximate surface area is 397 Å². The minimum atomic E-state index is -1.55. The summed E-state index contributed by atoms with van der Waals surface area (Å²) in [4.78, 5) is 61.3. The summed E-state index contributed by atoms with van der Waals surface area (Å²) in [6.07, 6.45) is 8.91. The SMILES string of the molecule is CCCOCCOCCOC[C@H](c1cccc(SCc2cccc(C(=O)Nc3ccc(N4CCCCC4)cc3-c3cc(C(=O)NC4CCCc5ccccc54)ccn3)c2)c1)N(C)C(=O)C(=O)O. The molecule has 1 aliphatic carbocycles. The van der Waals surface area contributed by atoms with Crippen LogP contribution in [0, 0.1) is 0 Å². The molecule has 1 saturated heterocycles. The van der Waals surface area contributed by atoms with E-state index in [0.29, 0.717) is 54.7 Å². The molecule has 7 rings (SSSR count). The van der Waals surface area contributed by atoms with E-state index in [1.54, 1.807) is 30.1 Å². The molecular formula is C53H61N5O8S. The molecule has 67 heavy (non-hydrogen) atoms. The highest BCUT2D eigenvalue weighted by Crippen LogP contribution is 2.35. The molecule has 2 atom stereocenters. The van der Waals surface area contributed by atoms with E-state index in [-0.39, 0.29) is 31.1 Å². The largest absolute Gasteiger partial charge is 0.474 e. The molecule has 2 aliphatic rings. The third-order valence-corrected chi connectivity index (χ3v) is 13.2. The van der Waals surface area contributed by atoms with E-state index >= 15 is 0 Å². The second-order valence-corrected chi connectivity index (χ2v) is 17.9. The molecule has 14 heteroatoms. The number of carbonyl (C=O) groups is 4. The molecule has 13 nitrogen and oxygen atoms in total. The standard InChI is InChI=1S/C53H61N5O8S/c1-3-26-64-27-28-65-29-30-66-35-49(57(2)52(61)53(62)63)39-15-10-17-43(32-39)67-36-37-12-9-16-40(31-37)50(59)56-47-21-20-42(58-24-7-4-8-25-58)34-45(47)48-33-41(22-23-54-48)51(60)55-46-19-11-14-38-13-5-6-18-44(38)46/h5-6,9-10,12-13,15-18,20-23,31-34,46,49H,3-4,7-8,11,14,19,24-30,35-36H2,1-2H3,(H,55,60)(H,56,59)(H,62,63)/t46?,49-/m1/s1. The number of carbonyl (C=O) groups excluding carboxylic acids is 3. The summed E-state index contributed by atoms with van der Waals surface area (Å²) in [7, 11) is 1.46. The van der Waals surface area contributed by atoms with Crippen molar-refractivity contribution >= 4 is 46.8 Å². The van der Waals surface area contributed by atoms with Gasteiger partial charge in [-0.25, -0.2) is 4.79 Å². The van der Waals surface area contributed by atoms with Crippen molar-refractivity contribution in [2.75, 3.05) is 70.0 Å². The van der Waals surface area contributed by atoms with Gasteiger partial charge < -0.3 is 39.8 Å². The zero-order valence-corrected chi connectivity index (χ0v) is 39.2. The second kappa shape index (κ2) is 24.6. The summed E-state index contributed by atoms with van der Waals surface area (Å²) >= 11 is 1.55. The van der Waals surface area contributed by atoms with E-state index in [2.05, 4.69) is 33.7 Å². The number of pyridine rings is 1.